The summed E-state index contributed by atoms with van der Waals surface area (Å²) in [5.41, 5.74) is 1.27. The summed E-state index contributed by atoms with van der Waals surface area (Å²) >= 11 is 0. The molecular formula is C18H21FN8O2S. The lowest BCUT2D eigenvalue weighted by atomic mass is 10.1. The Bertz CT molecular complexity index is 1130. The predicted octanol–water partition coefficient (Wildman–Crippen LogP) is 1.57. The zero-order valence-corrected chi connectivity index (χ0v) is 17.2. The van der Waals surface area contributed by atoms with Gasteiger partial charge in [-0.15, -0.1) is 10.2 Å². The maximum absolute atomic E-state index is 14.1. The highest BCUT2D eigenvalue weighted by Gasteiger charge is 2.20. The molecule has 2 aromatic heterocycles. The van der Waals surface area contributed by atoms with Crippen LogP contribution in [0.4, 0.5) is 10.3 Å². The molecule has 1 aromatic carbocycles. The first-order valence-electron chi connectivity index (χ1n) is 9.55. The second-order valence-electron chi connectivity index (χ2n) is 7.05. The Balaban J connectivity index is 1.53. The van der Waals surface area contributed by atoms with Crippen molar-refractivity contribution < 1.29 is 12.8 Å². The first kappa shape index (κ1) is 20.3. The number of piperidine rings is 1. The van der Waals surface area contributed by atoms with Gasteiger partial charge in [0.2, 0.25) is 21.8 Å². The molecule has 0 spiro atoms. The standard InChI is InChI=1S/C18H21FN8O2S/c1-12-9-13(22-18(21-12)27-7-3-2-4-8-27)11-20-30(28,29)14-5-6-16(19)15(10-14)17-23-25-26-24-17/h5-6,9-10,20H,2-4,7-8,11H2,1H3,(H,23,24,25,26). The number of benzene rings is 1. The van der Waals surface area contributed by atoms with Crippen molar-refractivity contribution >= 4 is 16.0 Å². The Hall–Kier alpha value is -2.99. The van der Waals surface area contributed by atoms with Gasteiger partial charge in [-0.3, -0.25) is 0 Å². The van der Waals surface area contributed by atoms with Crippen LogP contribution in [0.15, 0.2) is 29.2 Å². The maximum Gasteiger partial charge on any atom is 0.240 e. The molecule has 12 heteroatoms. The molecule has 1 saturated heterocycles. The van der Waals surface area contributed by atoms with E-state index in [-0.39, 0.29) is 22.8 Å². The molecule has 1 aliphatic heterocycles. The predicted molar refractivity (Wildman–Crippen MR) is 106 cm³/mol. The molecule has 10 nitrogen and oxygen atoms in total. The van der Waals surface area contributed by atoms with E-state index < -0.39 is 15.8 Å². The van der Waals surface area contributed by atoms with Gasteiger partial charge in [0.05, 0.1) is 22.7 Å². The number of anilines is 1. The molecule has 0 unspecified atom stereocenters. The number of aromatic nitrogens is 6. The van der Waals surface area contributed by atoms with Gasteiger partial charge in [0.15, 0.2) is 0 Å². The molecule has 0 amide bonds. The lowest BCUT2D eigenvalue weighted by Gasteiger charge is -2.27. The minimum absolute atomic E-state index is 0.0124. The van der Waals surface area contributed by atoms with Crippen molar-refractivity contribution in [1.82, 2.24) is 35.3 Å². The average molecular weight is 432 g/mol. The van der Waals surface area contributed by atoms with E-state index >= 15 is 0 Å². The monoisotopic (exact) mass is 432 g/mol. The van der Waals surface area contributed by atoms with E-state index in [1.807, 2.05) is 6.92 Å². The molecular weight excluding hydrogens is 411 g/mol. The molecule has 30 heavy (non-hydrogen) atoms. The second-order valence-corrected chi connectivity index (χ2v) is 8.82. The first-order valence-corrected chi connectivity index (χ1v) is 11.0. The molecule has 3 aromatic rings. The van der Waals surface area contributed by atoms with Gasteiger partial charge < -0.3 is 4.90 Å². The molecule has 158 valence electrons. The second kappa shape index (κ2) is 8.40. The average Bonchev–Trinajstić information content (AvgIpc) is 3.27. The number of nitrogens with one attached hydrogen (secondary N) is 2. The molecule has 1 aliphatic rings. The van der Waals surface area contributed by atoms with Crippen molar-refractivity contribution in [1.29, 1.82) is 0 Å². The summed E-state index contributed by atoms with van der Waals surface area (Å²) in [4.78, 5) is 11.0. The van der Waals surface area contributed by atoms with Crippen LogP contribution in [0.25, 0.3) is 11.4 Å². The zero-order valence-electron chi connectivity index (χ0n) is 16.3. The number of H-pyrrole nitrogens is 1. The fourth-order valence-corrected chi connectivity index (χ4v) is 4.34. The highest BCUT2D eigenvalue weighted by Crippen LogP contribution is 2.22. The summed E-state index contributed by atoms with van der Waals surface area (Å²) in [6, 6.07) is 5.16. The third-order valence-electron chi connectivity index (χ3n) is 4.81. The summed E-state index contributed by atoms with van der Waals surface area (Å²) in [6.07, 6.45) is 3.37. The molecule has 4 rings (SSSR count). The van der Waals surface area contributed by atoms with Crippen LogP contribution < -0.4 is 9.62 Å². The Morgan fingerprint density at radius 2 is 1.97 bits per heavy atom. The Labute approximate surface area is 173 Å². The van der Waals surface area contributed by atoms with Gasteiger partial charge in [-0.2, -0.15) is 5.21 Å². The quantitative estimate of drug-likeness (QED) is 0.600. The SMILES string of the molecule is Cc1cc(CNS(=O)(=O)c2ccc(F)c(-c3nn[nH]n3)c2)nc(N2CCCCC2)n1. The number of aromatic amines is 1. The summed E-state index contributed by atoms with van der Waals surface area (Å²) in [6.45, 7) is 3.62. The Kier molecular flexibility index (Phi) is 5.68. The fourth-order valence-electron chi connectivity index (χ4n) is 3.31. The van der Waals surface area contributed by atoms with Crippen molar-refractivity contribution in [3.8, 4) is 11.4 Å². The number of sulfonamides is 1. The summed E-state index contributed by atoms with van der Waals surface area (Å²) < 4.78 is 42.1. The first-order chi connectivity index (χ1) is 14.4. The topological polar surface area (TPSA) is 130 Å². The van der Waals surface area contributed by atoms with Gasteiger partial charge in [0.25, 0.3) is 0 Å². The Morgan fingerprint density at radius 1 is 1.17 bits per heavy atom. The summed E-state index contributed by atoms with van der Waals surface area (Å²) in [7, 11) is -3.92. The van der Waals surface area contributed by atoms with Crippen LogP contribution in [-0.4, -0.2) is 52.1 Å². The number of nitrogens with zero attached hydrogens (tertiary/aromatic N) is 6. The summed E-state index contributed by atoms with van der Waals surface area (Å²) in [5.74, 6) is -0.0554. The molecule has 0 aliphatic carbocycles. The maximum atomic E-state index is 14.1. The van der Waals surface area contributed by atoms with Gasteiger partial charge in [0, 0.05) is 18.8 Å². The van der Waals surface area contributed by atoms with E-state index in [2.05, 4.69) is 40.2 Å². The molecule has 1 fully saturated rings. The van der Waals surface area contributed by atoms with Crippen LogP contribution in [0.2, 0.25) is 0 Å². The van der Waals surface area contributed by atoms with Gasteiger partial charge >= 0.3 is 0 Å². The number of hydrogen-bond acceptors (Lipinski definition) is 8. The highest BCUT2D eigenvalue weighted by molar-refractivity contribution is 7.89. The fraction of sp³-hybridized carbons (Fsp3) is 0.389. The van der Waals surface area contributed by atoms with Gasteiger partial charge in [-0.25, -0.2) is 27.5 Å². The van der Waals surface area contributed by atoms with Crippen molar-refractivity contribution in [3.05, 3.63) is 41.5 Å². The third-order valence-corrected chi connectivity index (χ3v) is 6.21. The normalized spacial score (nSPS) is 14.8. The zero-order chi connectivity index (χ0) is 21.1. The summed E-state index contributed by atoms with van der Waals surface area (Å²) in [5, 5.41) is 13.0. The van der Waals surface area contributed by atoms with Crippen LogP contribution in [0.1, 0.15) is 30.7 Å². The molecule has 0 radical (unpaired) electrons. The van der Waals surface area contributed by atoms with E-state index in [0.29, 0.717) is 11.6 Å². The van der Waals surface area contributed by atoms with E-state index in [1.54, 1.807) is 6.07 Å². The number of rotatable bonds is 6. The molecule has 2 N–H and O–H groups in total. The van der Waals surface area contributed by atoms with E-state index in [0.717, 1.165) is 37.7 Å². The number of halogens is 1. The molecule has 0 bridgehead atoms. The van der Waals surface area contributed by atoms with Crippen molar-refractivity contribution in [3.63, 3.8) is 0 Å². The smallest absolute Gasteiger partial charge is 0.240 e. The van der Waals surface area contributed by atoms with Crippen LogP contribution >= 0.6 is 0 Å². The third kappa shape index (κ3) is 4.44. The number of hydrogen-bond donors (Lipinski definition) is 2. The molecule has 0 atom stereocenters. The number of aryl methyl sites for hydroxylation is 1. The molecule has 3 heterocycles. The van der Waals surface area contributed by atoms with Crippen molar-refractivity contribution in [2.75, 3.05) is 18.0 Å². The largest absolute Gasteiger partial charge is 0.341 e. The Morgan fingerprint density at radius 3 is 2.70 bits per heavy atom. The van der Waals surface area contributed by atoms with Gasteiger partial charge in [-0.1, -0.05) is 0 Å². The number of tetrazole rings is 1. The van der Waals surface area contributed by atoms with E-state index in [9.17, 15) is 12.8 Å². The molecule has 0 saturated carbocycles. The van der Waals surface area contributed by atoms with Crippen LogP contribution in [0.5, 0.6) is 0 Å². The van der Waals surface area contributed by atoms with Crippen molar-refractivity contribution in [2.24, 2.45) is 0 Å². The lowest BCUT2D eigenvalue weighted by Crippen LogP contribution is -2.32. The lowest BCUT2D eigenvalue weighted by molar-refractivity contribution is 0.565. The van der Waals surface area contributed by atoms with Gasteiger partial charge in [-0.05, 0) is 55.7 Å². The van der Waals surface area contributed by atoms with E-state index in [1.165, 1.54) is 18.6 Å². The van der Waals surface area contributed by atoms with E-state index in [4.69, 9.17) is 0 Å². The van der Waals surface area contributed by atoms with Crippen molar-refractivity contribution in [2.45, 2.75) is 37.6 Å². The minimum atomic E-state index is -3.92. The minimum Gasteiger partial charge on any atom is -0.341 e. The van der Waals surface area contributed by atoms with Crippen LogP contribution in [-0.2, 0) is 16.6 Å². The van der Waals surface area contributed by atoms with Crippen LogP contribution in [0.3, 0.4) is 0 Å². The van der Waals surface area contributed by atoms with Gasteiger partial charge in [0.1, 0.15) is 5.82 Å². The van der Waals surface area contributed by atoms with Crippen LogP contribution in [0, 0.1) is 12.7 Å². The highest BCUT2D eigenvalue weighted by atomic mass is 32.2.